The third-order valence-electron chi connectivity index (χ3n) is 1.77. The van der Waals surface area contributed by atoms with Gasteiger partial charge < -0.3 is 14.6 Å². The molecule has 0 amide bonds. The van der Waals surface area contributed by atoms with Crippen molar-refractivity contribution in [3.8, 4) is 11.5 Å². The molecule has 1 N–H and O–H groups in total. The lowest BCUT2D eigenvalue weighted by Crippen LogP contribution is -1.83. The number of phenolic OH excluding ortho intramolecular Hbond substituents is 1. The number of benzene rings is 1. The largest absolute Gasteiger partial charge is 0.507 e. The van der Waals surface area contributed by atoms with Crippen LogP contribution in [-0.2, 0) is 4.79 Å². The summed E-state index contributed by atoms with van der Waals surface area (Å²) in [5.74, 6) is 0.751. The molecule has 0 spiro atoms. The number of aromatic hydroxyl groups is 1. The molecule has 0 radical (unpaired) electrons. The molecular formula is C11H12O3. The minimum absolute atomic E-state index is 0.145. The SMILES string of the molecule is COc1ccc(C=CCC=O)c(O)c1. The van der Waals surface area contributed by atoms with Crippen molar-refractivity contribution in [3.05, 3.63) is 29.8 Å². The van der Waals surface area contributed by atoms with E-state index < -0.39 is 0 Å². The van der Waals surface area contributed by atoms with Gasteiger partial charge in [-0.3, -0.25) is 0 Å². The van der Waals surface area contributed by atoms with Gasteiger partial charge >= 0.3 is 0 Å². The molecule has 1 aromatic rings. The smallest absolute Gasteiger partial charge is 0.126 e. The summed E-state index contributed by atoms with van der Waals surface area (Å²) < 4.78 is 4.94. The predicted molar refractivity (Wildman–Crippen MR) is 54.4 cm³/mol. The first kappa shape index (κ1) is 10.3. The van der Waals surface area contributed by atoms with Gasteiger partial charge in [0, 0.05) is 18.1 Å². The van der Waals surface area contributed by atoms with E-state index in [9.17, 15) is 9.90 Å². The first-order valence-electron chi connectivity index (χ1n) is 4.25. The van der Waals surface area contributed by atoms with Crippen LogP contribution in [0.4, 0.5) is 0 Å². The molecule has 3 nitrogen and oxygen atoms in total. The summed E-state index contributed by atoms with van der Waals surface area (Å²) in [5.41, 5.74) is 0.674. The molecule has 0 fully saturated rings. The van der Waals surface area contributed by atoms with Crippen molar-refractivity contribution in [3.63, 3.8) is 0 Å². The van der Waals surface area contributed by atoms with E-state index in [2.05, 4.69) is 0 Å². The molecule has 0 unspecified atom stereocenters. The lowest BCUT2D eigenvalue weighted by Gasteiger charge is -2.02. The van der Waals surface area contributed by atoms with E-state index in [-0.39, 0.29) is 5.75 Å². The number of phenols is 1. The van der Waals surface area contributed by atoms with Crippen molar-refractivity contribution in [2.45, 2.75) is 6.42 Å². The summed E-state index contributed by atoms with van der Waals surface area (Å²) in [4.78, 5) is 10.0. The van der Waals surface area contributed by atoms with Crippen LogP contribution in [0.3, 0.4) is 0 Å². The standard InChI is InChI=1S/C11H12O3/c1-14-10-6-5-9(11(13)8-10)4-2-3-7-12/h2,4-8,13H,3H2,1H3. The van der Waals surface area contributed by atoms with Gasteiger partial charge in [-0.25, -0.2) is 0 Å². The second-order valence-corrected chi connectivity index (χ2v) is 2.73. The minimum atomic E-state index is 0.145. The van der Waals surface area contributed by atoms with E-state index in [0.717, 1.165) is 6.29 Å². The van der Waals surface area contributed by atoms with Crippen LogP contribution in [0.1, 0.15) is 12.0 Å². The zero-order chi connectivity index (χ0) is 10.4. The second kappa shape index (κ2) is 5.07. The number of carbonyl (C=O) groups excluding carboxylic acids is 1. The van der Waals surface area contributed by atoms with Gasteiger partial charge in [-0.05, 0) is 12.1 Å². The fraction of sp³-hybridized carbons (Fsp3) is 0.182. The number of ether oxygens (including phenoxy) is 1. The van der Waals surface area contributed by atoms with Crippen LogP contribution in [0, 0.1) is 0 Å². The molecule has 1 aromatic carbocycles. The Labute approximate surface area is 82.6 Å². The highest BCUT2D eigenvalue weighted by Crippen LogP contribution is 2.24. The van der Waals surface area contributed by atoms with Crippen LogP contribution in [-0.4, -0.2) is 18.5 Å². The van der Waals surface area contributed by atoms with E-state index in [1.807, 2.05) is 0 Å². The zero-order valence-corrected chi connectivity index (χ0v) is 7.93. The van der Waals surface area contributed by atoms with Gasteiger partial charge in [0.25, 0.3) is 0 Å². The van der Waals surface area contributed by atoms with Crippen molar-refractivity contribution in [2.75, 3.05) is 7.11 Å². The van der Waals surface area contributed by atoms with Crippen molar-refractivity contribution >= 4 is 12.4 Å². The number of methoxy groups -OCH3 is 1. The molecular weight excluding hydrogens is 180 g/mol. The van der Waals surface area contributed by atoms with E-state index in [1.54, 1.807) is 24.3 Å². The fourth-order valence-electron chi connectivity index (χ4n) is 1.04. The zero-order valence-electron chi connectivity index (χ0n) is 7.93. The quantitative estimate of drug-likeness (QED) is 0.742. The lowest BCUT2D eigenvalue weighted by molar-refractivity contribution is -0.107. The summed E-state index contributed by atoms with van der Waals surface area (Å²) in [6.45, 7) is 0. The summed E-state index contributed by atoms with van der Waals surface area (Å²) in [6, 6.07) is 5.01. The highest BCUT2D eigenvalue weighted by molar-refractivity contribution is 5.62. The number of hydrogen-bond acceptors (Lipinski definition) is 3. The Kier molecular flexibility index (Phi) is 3.73. The molecule has 0 saturated carbocycles. The van der Waals surface area contributed by atoms with E-state index in [0.29, 0.717) is 17.7 Å². The normalized spacial score (nSPS) is 10.4. The molecule has 0 aromatic heterocycles. The Morgan fingerprint density at radius 1 is 1.50 bits per heavy atom. The molecule has 3 heteroatoms. The van der Waals surface area contributed by atoms with Gasteiger partial charge in [0.1, 0.15) is 17.8 Å². The third kappa shape index (κ3) is 2.62. The number of carbonyl (C=O) groups is 1. The molecule has 0 heterocycles. The van der Waals surface area contributed by atoms with Gasteiger partial charge in [0.05, 0.1) is 7.11 Å². The molecule has 14 heavy (non-hydrogen) atoms. The monoisotopic (exact) mass is 192 g/mol. The van der Waals surface area contributed by atoms with Crippen LogP contribution >= 0.6 is 0 Å². The molecule has 0 aliphatic rings. The van der Waals surface area contributed by atoms with E-state index >= 15 is 0 Å². The molecule has 0 aliphatic carbocycles. The highest BCUT2D eigenvalue weighted by atomic mass is 16.5. The Balaban J connectivity index is 2.83. The Morgan fingerprint density at radius 3 is 2.86 bits per heavy atom. The molecule has 1 rings (SSSR count). The van der Waals surface area contributed by atoms with Crippen molar-refractivity contribution in [1.82, 2.24) is 0 Å². The van der Waals surface area contributed by atoms with Gasteiger partial charge in [-0.2, -0.15) is 0 Å². The molecule has 0 bridgehead atoms. The maximum atomic E-state index is 10.0. The predicted octanol–water partition coefficient (Wildman–Crippen LogP) is 2.00. The molecule has 0 atom stereocenters. The van der Waals surface area contributed by atoms with Crippen LogP contribution in [0.2, 0.25) is 0 Å². The van der Waals surface area contributed by atoms with Crippen molar-refractivity contribution < 1.29 is 14.6 Å². The van der Waals surface area contributed by atoms with Gasteiger partial charge in [-0.15, -0.1) is 0 Å². The summed E-state index contributed by atoms with van der Waals surface area (Å²) in [6.07, 6.45) is 4.54. The molecule has 0 aliphatic heterocycles. The first-order chi connectivity index (χ1) is 6.77. The Hall–Kier alpha value is -1.77. The second-order valence-electron chi connectivity index (χ2n) is 2.73. The Morgan fingerprint density at radius 2 is 2.29 bits per heavy atom. The molecule has 0 saturated heterocycles. The van der Waals surface area contributed by atoms with E-state index in [1.165, 1.54) is 13.2 Å². The maximum absolute atomic E-state index is 10.0. The number of rotatable bonds is 4. The van der Waals surface area contributed by atoms with E-state index in [4.69, 9.17) is 4.74 Å². The van der Waals surface area contributed by atoms with Gasteiger partial charge in [-0.1, -0.05) is 12.2 Å². The number of aldehydes is 1. The number of hydrogen-bond donors (Lipinski definition) is 1. The van der Waals surface area contributed by atoms with Crippen LogP contribution in [0.5, 0.6) is 11.5 Å². The minimum Gasteiger partial charge on any atom is -0.507 e. The van der Waals surface area contributed by atoms with Crippen LogP contribution in [0.15, 0.2) is 24.3 Å². The molecule has 74 valence electrons. The topological polar surface area (TPSA) is 46.5 Å². The average molecular weight is 192 g/mol. The highest BCUT2D eigenvalue weighted by Gasteiger charge is 1.98. The van der Waals surface area contributed by atoms with Gasteiger partial charge in [0.2, 0.25) is 0 Å². The van der Waals surface area contributed by atoms with Gasteiger partial charge in [0.15, 0.2) is 0 Å². The third-order valence-corrected chi connectivity index (χ3v) is 1.77. The first-order valence-corrected chi connectivity index (χ1v) is 4.25. The summed E-state index contributed by atoms with van der Waals surface area (Å²) in [7, 11) is 1.54. The average Bonchev–Trinajstić information content (AvgIpc) is 2.20. The maximum Gasteiger partial charge on any atom is 0.126 e. The van der Waals surface area contributed by atoms with Crippen molar-refractivity contribution in [2.24, 2.45) is 0 Å². The van der Waals surface area contributed by atoms with Crippen molar-refractivity contribution in [1.29, 1.82) is 0 Å². The number of allylic oxidation sites excluding steroid dienone is 1. The van der Waals surface area contributed by atoms with Crippen LogP contribution < -0.4 is 4.74 Å². The lowest BCUT2D eigenvalue weighted by atomic mass is 10.1. The Bertz CT molecular complexity index is 342. The fourth-order valence-corrected chi connectivity index (χ4v) is 1.04. The van der Waals surface area contributed by atoms with Crippen LogP contribution in [0.25, 0.3) is 6.08 Å². The summed E-state index contributed by atoms with van der Waals surface area (Å²) >= 11 is 0. The summed E-state index contributed by atoms with van der Waals surface area (Å²) in [5, 5.41) is 9.50.